The van der Waals surface area contributed by atoms with E-state index in [1.807, 2.05) is 13.8 Å². The zero-order valence-electron chi connectivity index (χ0n) is 12.4. The first-order chi connectivity index (χ1) is 7.88. The molecule has 0 saturated carbocycles. The van der Waals surface area contributed by atoms with E-state index in [4.69, 9.17) is 0 Å². The van der Waals surface area contributed by atoms with E-state index < -0.39 is 5.54 Å². The lowest BCUT2D eigenvalue weighted by molar-refractivity contribution is 0.189. The van der Waals surface area contributed by atoms with Gasteiger partial charge >= 0.3 is 0 Å². The zero-order valence-corrected chi connectivity index (χ0v) is 12.4. The van der Waals surface area contributed by atoms with Crippen LogP contribution in [0.4, 0.5) is 0 Å². The summed E-state index contributed by atoms with van der Waals surface area (Å²) in [5.41, 5.74) is -0.405. The molecular formula is C14H29N3. The minimum absolute atomic E-state index is 0.405. The number of hydrogen-bond acceptors (Lipinski definition) is 3. The largest absolute Gasteiger partial charge is 0.303 e. The van der Waals surface area contributed by atoms with Crippen molar-refractivity contribution in [3.8, 4) is 6.07 Å². The van der Waals surface area contributed by atoms with Crippen LogP contribution in [0, 0.1) is 17.2 Å². The average molecular weight is 239 g/mol. The van der Waals surface area contributed by atoms with Crippen LogP contribution in [-0.4, -0.2) is 36.6 Å². The molecule has 0 aliphatic heterocycles. The van der Waals surface area contributed by atoms with Gasteiger partial charge in [0.05, 0.1) is 6.07 Å². The minimum atomic E-state index is -0.405. The number of hydrogen-bond donors (Lipinski definition) is 1. The highest BCUT2D eigenvalue weighted by Gasteiger charge is 2.27. The maximum Gasteiger partial charge on any atom is 0.105 e. The molecule has 0 saturated heterocycles. The van der Waals surface area contributed by atoms with E-state index in [1.165, 1.54) is 6.42 Å². The molecule has 17 heavy (non-hydrogen) atoms. The Morgan fingerprint density at radius 2 is 1.94 bits per heavy atom. The Morgan fingerprint density at radius 1 is 1.35 bits per heavy atom. The Hall–Kier alpha value is -0.590. The van der Waals surface area contributed by atoms with E-state index in [0.717, 1.165) is 25.4 Å². The predicted molar refractivity (Wildman–Crippen MR) is 73.9 cm³/mol. The van der Waals surface area contributed by atoms with Crippen molar-refractivity contribution in [3.63, 3.8) is 0 Å². The molecule has 0 aliphatic carbocycles. The smallest absolute Gasteiger partial charge is 0.105 e. The lowest BCUT2D eigenvalue weighted by Gasteiger charge is -2.32. The molecule has 0 rings (SSSR count). The molecule has 0 amide bonds. The molecule has 1 N–H and O–H groups in total. The summed E-state index contributed by atoms with van der Waals surface area (Å²) in [6, 6.07) is 2.82. The minimum Gasteiger partial charge on any atom is -0.303 e. The molecule has 0 spiro atoms. The Labute approximate surface area is 107 Å². The maximum atomic E-state index is 9.24. The highest BCUT2D eigenvalue weighted by Crippen LogP contribution is 2.16. The van der Waals surface area contributed by atoms with E-state index in [2.05, 4.69) is 44.1 Å². The molecule has 0 aliphatic rings. The molecule has 0 heterocycles. The fraction of sp³-hybridized carbons (Fsp3) is 0.929. The quantitative estimate of drug-likeness (QED) is 0.708. The van der Waals surface area contributed by atoms with Gasteiger partial charge in [-0.1, -0.05) is 27.2 Å². The summed E-state index contributed by atoms with van der Waals surface area (Å²) in [5.74, 6) is 0.718. The number of nitrogens with one attached hydrogen (secondary N) is 1. The Balaban J connectivity index is 4.31. The number of nitriles is 1. The summed E-state index contributed by atoms with van der Waals surface area (Å²) in [4.78, 5) is 2.36. The molecule has 0 aromatic rings. The van der Waals surface area contributed by atoms with Gasteiger partial charge in [0.25, 0.3) is 0 Å². The van der Waals surface area contributed by atoms with Crippen LogP contribution in [0.1, 0.15) is 47.5 Å². The molecule has 0 aromatic carbocycles. The molecule has 3 heteroatoms. The third-order valence-corrected chi connectivity index (χ3v) is 3.57. The van der Waals surface area contributed by atoms with E-state index in [9.17, 15) is 5.26 Å². The highest BCUT2D eigenvalue weighted by molar-refractivity contribution is 5.05. The van der Waals surface area contributed by atoms with Crippen molar-refractivity contribution in [1.82, 2.24) is 10.2 Å². The van der Waals surface area contributed by atoms with Crippen LogP contribution in [0.15, 0.2) is 0 Å². The molecular weight excluding hydrogens is 210 g/mol. The molecule has 0 bridgehead atoms. The normalized spacial score (nSPS) is 18.5. The summed E-state index contributed by atoms with van der Waals surface area (Å²) < 4.78 is 0. The fourth-order valence-corrected chi connectivity index (χ4v) is 2.09. The summed E-state index contributed by atoms with van der Waals surface area (Å²) in [7, 11) is 2.15. The van der Waals surface area contributed by atoms with Crippen molar-refractivity contribution in [3.05, 3.63) is 0 Å². The van der Waals surface area contributed by atoms with E-state index in [1.54, 1.807) is 0 Å². The van der Waals surface area contributed by atoms with Crippen LogP contribution in [-0.2, 0) is 0 Å². The van der Waals surface area contributed by atoms with Crippen LogP contribution >= 0.6 is 0 Å². The first-order valence-corrected chi connectivity index (χ1v) is 6.75. The predicted octanol–water partition coefficient (Wildman–Crippen LogP) is 2.63. The average Bonchev–Trinajstić information content (AvgIpc) is 2.28. The Morgan fingerprint density at radius 3 is 2.35 bits per heavy atom. The van der Waals surface area contributed by atoms with Gasteiger partial charge in [-0.3, -0.25) is 5.32 Å². The molecule has 100 valence electrons. The summed E-state index contributed by atoms with van der Waals surface area (Å²) in [6.07, 6.45) is 2.07. The summed E-state index contributed by atoms with van der Waals surface area (Å²) in [5, 5.41) is 12.5. The van der Waals surface area contributed by atoms with Gasteiger partial charge < -0.3 is 4.90 Å². The van der Waals surface area contributed by atoms with Gasteiger partial charge in [0, 0.05) is 12.6 Å². The highest BCUT2D eigenvalue weighted by atomic mass is 15.1. The van der Waals surface area contributed by atoms with Crippen LogP contribution in [0.2, 0.25) is 0 Å². The number of nitrogens with zero attached hydrogens (tertiary/aromatic N) is 2. The second-order valence-corrected chi connectivity index (χ2v) is 5.48. The van der Waals surface area contributed by atoms with Crippen LogP contribution in [0.5, 0.6) is 0 Å². The van der Waals surface area contributed by atoms with E-state index in [0.29, 0.717) is 6.04 Å². The van der Waals surface area contributed by atoms with Gasteiger partial charge in [0.15, 0.2) is 0 Å². The molecule has 3 unspecified atom stereocenters. The molecule has 3 atom stereocenters. The molecule has 0 fully saturated rings. The van der Waals surface area contributed by atoms with Gasteiger partial charge in [-0.05, 0) is 39.8 Å². The molecule has 3 nitrogen and oxygen atoms in total. The maximum absolute atomic E-state index is 9.24. The topological polar surface area (TPSA) is 39.1 Å². The lowest BCUT2D eigenvalue weighted by atomic mass is 9.94. The summed E-state index contributed by atoms with van der Waals surface area (Å²) >= 11 is 0. The zero-order chi connectivity index (χ0) is 13.5. The number of rotatable bonds is 8. The molecule has 0 radical (unpaired) electrons. The Kier molecular flexibility index (Phi) is 7.41. The molecule has 0 aromatic heterocycles. The van der Waals surface area contributed by atoms with Crippen molar-refractivity contribution >= 4 is 0 Å². The fourth-order valence-electron chi connectivity index (χ4n) is 2.09. The van der Waals surface area contributed by atoms with Gasteiger partial charge in [-0.15, -0.1) is 0 Å². The second-order valence-electron chi connectivity index (χ2n) is 5.48. The summed E-state index contributed by atoms with van der Waals surface area (Å²) in [6.45, 7) is 12.7. The monoisotopic (exact) mass is 239 g/mol. The van der Waals surface area contributed by atoms with Crippen molar-refractivity contribution < 1.29 is 0 Å². The SMILES string of the molecule is CCNC(C)(C#N)CC(C)N(C)CC(C)CC. The second kappa shape index (κ2) is 7.68. The van der Waals surface area contributed by atoms with Gasteiger partial charge in [0.1, 0.15) is 5.54 Å². The van der Waals surface area contributed by atoms with Gasteiger partial charge in [-0.25, -0.2) is 0 Å². The van der Waals surface area contributed by atoms with E-state index >= 15 is 0 Å². The Bertz CT molecular complexity index is 246. The van der Waals surface area contributed by atoms with Crippen LogP contribution < -0.4 is 5.32 Å². The lowest BCUT2D eigenvalue weighted by Crippen LogP contribution is -2.47. The first-order valence-electron chi connectivity index (χ1n) is 6.75. The first kappa shape index (κ1) is 16.4. The van der Waals surface area contributed by atoms with Crippen molar-refractivity contribution in [2.75, 3.05) is 20.1 Å². The van der Waals surface area contributed by atoms with Crippen molar-refractivity contribution in [2.24, 2.45) is 5.92 Å². The standard InChI is InChI=1S/C14H29N3/c1-7-12(3)10-17(6)13(4)9-14(5,11-15)16-8-2/h12-13,16H,7-10H2,1-6H3. The third kappa shape index (κ3) is 6.05. The van der Waals surface area contributed by atoms with Gasteiger partial charge in [0.2, 0.25) is 0 Å². The van der Waals surface area contributed by atoms with Crippen LogP contribution in [0.25, 0.3) is 0 Å². The third-order valence-electron chi connectivity index (χ3n) is 3.57. The van der Waals surface area contributed by atoms with Crippen LogP contribution in [0.3, 0.4) is 0 Å². The van der Waals surface area contributed by atoms with Crippen molar-refractivity contribution in [1.29, 1.82) is 5.26 Å². The van der Waals surface area contributed by atoms with Gasteiger partial charge in [-0.2, -0.15) is 5.26 Å². The van der Waals surface area contributed by atoms with E-state index in [-0.39, 0.29) is 0 Å². The van der Waals surface area contributed by atoms with Crippen molar-refractivity contribution in [2.45, 2.75) is 59.0 Å².